The fourth-order valence-corrected chi connectivity index (χ4v) is 8.39. The van der Waals surface area contributed by atoms with Gasteiger partial charge in [0, 0.05) is 50.6 Å². The van der Waals surface area contributed by atoms with Gasteiger partial charge in [-0.2, -0.15) is 0 Å². The predicted octanol–water partition coefficient (Wildman–Crippen LogP) is 15.4. The van der Waals surface area contributed by atoms with Crippen LogP contribution in [0.3, 0.4) is 0 Å². The lowest BCUT2D eigenvalue weighted by Gasteiger charge is -2.26. The Balaban J connectivity index is 1.21. The minimum absolute atomic E-state index is 0.289. The number of hydrogen-bond acceptors (Lipinski definition) is 2. The molecule has 284 valence electrons. The first kappa shape index (κ1) is 35.9. The molecular weight excluding hydrogens is 729 g/mol. The van der Waals surface area contributed by atoms with Crippen molar-refractivity contribution in [2.45, 2.75) is 13.8 Å². The van der Waals surface area contributed by atoms with Gasteiger partial charge in [0.05, 0.1) is 11.0 Å². The highest BCUT2D eigenvalue weighted by atomic mass is 19.1. The summed E-state index contributed by atoms with van der Waals surface area (Å²) in [5, 5.41) is 4.36. The van der Waals surface area contributed by atoms with Crippen LogP contribution in [0.25, 0.3) is 49.4 Å². The minimum Gasteiger partial charge on any atom is -0.310 e. The largest absolute Gasteiger partial charge is 0.310 e. The highest BCUT2D eigenvalue weighted by Crippen LogP contribution is 2.43. The molecule has 0 saturated heterocycles. The summed E-state index contributed by atoms with van der Waals surface area (Å²) in [6, 6.07) is 66.7. The van der Waals surface area contributed by atoms with Crippen LogP contribution in [-0.4, -0.2) is 4.57 Å². The van der Waals surface area contributed by atoms with E-state index in [0.717, 1.165) is 94.6 Å². The Bertz CT molecular complexity index is 3080. The van der Waals surface area contributed by atoms with E-state index in [1.165, 1.54) is 12.1 Å². The normalized spacial score (nSPS) is 11.4. The number of hydrogen-bond donors (Lipinski definition) is 0. The average molecular weight is 768 g/mol. The molecule has 9 aromatic carbocycles. The Morgan fingerprint density at radius 2 is 0.864 bits per heavy atom. The van der Waals surface area contributed by atoms with Crippen molar-refractivity contribution >= 4 is 66.7 Å². The van der Waals surface area contributed by atoms with Gasteiger partial charge in [-0.25, -0.2) is 8.78 Å². The first-order valence-electron chi connectivity index (χ1n) is 19.8. The molecule has 0 aliphatic rings. The van der Waals surface area contributed by atoms with Gasteiger partial charge in [-0.05, 0) is 156 Å². The topological polar surface area (TPSA) is 11.4 Å². The maximum Gasteiger partial charge on any atom is 0.125 e. The Morgan fingerprint density at radius 1 is 0.356 bits per heavy atom. The molecule has 59 heavy (non-hydrogen) atoms. The second-order valence-corrected chi connectivity index (χ2v) is 15.2. The number of anilines is 6. The first-order chi connectivity index (χ1) is 28.9. The molecule has 0 N–H and O–H groups in total. The third-order valence-electron chi connectivity index (χ3n) is 11.1. The van der Waals surface area contributed by atoms with E-state index in [-0.39, 0.29) is 11.6 Å². The predicted molar refractivity (Wildman–Crippen MR) is 242 cm³/mol. The Morgan fingerprint density at radius 3 is 1.46 bits per heavy atom. The fraction of sp³-hybridized carbons (Fsp3) is 0.0370. The van der Waals surface area contributed by atoms with Gasteiger partial charge in [-0.1, -0.05) is 91.0 Å². The third-order valence-corrected chi connectivity index (χ3v) is 11.1. The second-order valence-electron chi connectivity index (χ2n) is 15.2. The van der Waals surface area contributed by atoms with E-state index in [1.807, 2.05) is 30.3 Å². The summed E-state index contributed by atoms with van der Waals surface area (Å²) in [7, 11) is 0. The zero-order valence-electron chi connectivity index (χ0n) is 32.7. The molecule has 0 fully saturated rings. The van der Waals surface area contributed by atoms with E-state index in [1.54, 1.807) is 24.3 Å². The Kier molecular flexibility index (Phi) is 8.99. The Hall–Kier alpha value is -7.50. The highest BCUT2D eigenvalue weighted by molar-refractivity contribution is 6.14. The summed E-state index contributed by atoms with van der Waals surface area (Å²) >= 11 is 0. The molecule has 3 nitrogen and oxygen atoms in total. The van der Waals surface area contributed by atoms with Crippen LogP contribution < -0.4 is 9.80 Å². The van der Waals surface area contributed by atoms with Crippen LogP contribution in [0.2, 0.25) is 0 Å². The number of aryl methyl sites for hydroxylation is 2. The molecule has 1 aromatic heterocycles. The Labute approximate surface area is 342 Å². The summed E-state index contributed by atoms with van der Waals surface area (Å²) in [6.45, 7) is 4.14. The molecular formula is C54H39F2N3. The van der Waals surface area contributed by atoms with Crippen molar-refractivity contribution in [1.29, 1.82) is 0 Å². The SMILES string of the molecule is Cc1cccc(N(c2cccc(F)c2)c2ccc3cc4c5ccc(N(c6cccc(C)c6)c6cccc(F)c6)cc5n(-c5ccc(-c6ccccc6)cc5)c4cc3c2)c1. The lowest BCUT2D eigenvalue weighted by atomic mass is 10.0. The number of halogens is 2. The number of benzene rings is 9. The van der Waals surface area contributed by atoms with Crippen molar-refractivity contribution in [2.75, 3.05) is 9.80 Å². The van der Waals surface area contributed by atoms with E-state index in [4.69, 9.17) is 0 Å². The van der Waals surface area contributed by atoms with Gasteiger partial charge in [-0.3, -0.25) is 0 Å². The second kappa shape index (κ2) is 14.8. The van der Waals surface area contributed by atoms with E-state index >= 15 is 0 Å². The molecule has 0 aliphatic carbocycles. The number of nitrogens with zero attached hydrogens (tertiary/aromatic N) is 3. The smallest absolute Gasteiger partial charge is 0.125 e. The molecule has 1 heterocycles. The maximum absolute atomic E-state index is 14.9. The van der Waals surface area contributed by atoms with Crippen LogP contribution >= 0.6 is 0 Å². The van der Waals surface area contributed by atoms with Gasteiger partial charge < -0.3 is 14.4 Å². The molecule has 0 saturated carbocycles. The number of fused-ring (bicyclic) bond motifs is 4. The summed E-state index contributed by atoms with van der Waals surface area (Å²) in [5.74, 6) is -0.582. The zero-order chi connectivity index (χ0) is 40.0. The molecule has 0 amide bonds. The van der Waals surface area contributed by atoms with Crippen molar-refractivity contribution < 1.29 is 8.78 Å². The molecule has 0 radical (unpaired) electrons. The standard InChI is InChI=1S/C54H39F2N3/c1-36-10-6-16-45(28-36)57(47-18-8-14-42(55)33-47)49-25-22-40-31-52-51-27-26-50(58(46-17-7-11-37(2)29-46)48-19-9-15-43(56)34-48)35-54(51)59(53(52)32-41(40)30-49)44-23-20-39(21-24-44)38-12-4-3-5-13-38/h3-35H,1-2H3. The van der Waals surface area contributed by atoms with Crippen LogP contribution in [-0.2, 0) is 0 Å². The van der Waals surface area contributed by atoms with E-state index in [2.05, 4.69) is 162 Å². The third kappa shape index (κ3) is 6.77. The fourth-order valence-electron chi connectivity index (χ4n) is 8.39. The summed E-state index contributed by atoms with van der Waals surface area (Å²) < 4.78 is 31.9. The van der Waals surface area contributed by atoms with Gasteiger partial charge >= 0.3 is 0 Å². The lowest BCUT2D eigenvalue weighted by Crippen LogP contribution is -2.10. The van der Waals surface area contributed by atoms with Gasteiger partial charge in [-0.15, -0.1) is 0 Å². The lowest BCUT2D eigenvalue weighted by molar-refractivity contribution is 0.627. The van der Waals surface area contributed by atoms with Crippen LogP contribution in [0.15, 0.2) is 200 Å². The number of rotatable bonds is 8. The van der Waals surface area contributed by atoms with Gasteiger partial charge in [0.2, 0.25) is 0 Å². The van der Waals surface area contributed by atoms with Crippen molar-refractivity contribution in [2.24, 2.45) is 0 Å². The molecule has 0 bridgehead atoms. The van der Waals surface area contributed by atoms with Crippen molar-refractivity contribution in [3.8, 4) is 16.8 Å². The highest BCUT2D eigenvalue weighted by Gasteiger charge is 2.20. The van der Waals surface area contributed by atoms with Crippen LogP contribution in [0, 0.1) is 25.5 Å². The van der Waals surface area contributed by atoms with E-state index in [0.29, 0.717) is 0 Å². The summed E-state index contributed by atoms with van der Waals surface area (Å²) in [5.41, 5.74) is 12.8. The molecule has 0 atom stereocenters. The molecule has 5 heteroatoms. The summed E-state index contributed by atoms with van der Waals surface area (Å²) in [4.78, 5) is 4.22. The minimum atomic E-state index is -0.293. The molecule has 0 aliphatic heterocycles. The van der Waals surface area contributed by atoms with Crippen LogP contribution in [0.5, 0.6) is 0 Å². The molecule has 10 aromatic rings. The van der Waals surface area contributed by atoms with Crippen LogP contribution in [0.1, 0.15) is 11.1 Å². The van der Waals surface area contributed by atoms with Crippen molar-refractivity contribution in [3.63, 3.8) is 0 Å². The zero-order valence-corrected chi connectivity index (χ0v) is 32.7. The summed E-state index contributed by atoms with van der Waals surface area (Å²) in [6.07, 6.45) is 0. The van der Waals surface area contributed by atoms with Gasteiger partial charge in [0.15, 0.2) is 0 Å². The number of aromatic nitrogens is 1. The molecule has 0 unspecified atom stereocenters. The van der Waals surface area contributed by atoms with Crippen molar-refractivity contribution in [3.05, 3.63) is 223 Å². The van der Waals surface area contributed by atoms with Gasteiger partial charge in [0.1, 0.15) is 11.6 Å². The van der Waals surface area contributed by atoms with Crippen LogP contribution in [0.4, 0.5) is 42.9 Å². The first-order valence-corrected chi connectivity index (χ1v) is 19.8. The average Bonchev–Trinajstić information content (AvgIpc) is 3.56. The van der Waals surface area contributed by atoms with Gasteiger partial charge in [0.25, 0.3) is 0 Å². The monoisotopic (exact) mass is 767 g/mol. The molecule has 10 rings (SSSR count). The van der Waals surface area contributed by atoms with Crippen molar-refractivity contribution in [1.82, 2.24) is 4.57 Å². The van der Waals surface area contributed by atoms with E-state index in [9.17, 15) is 8.78 Å². The maximum atomic E-state index is 14.9. The molecule has 0 spiro atoms. The van der Waals surface area contributed by atoms with E-state index < -0.39 is 0 Å². The quantitative estimate of drug-likeness (QED) is 0.153.